The Bertz CT molecular complexity index is 638. The monoisotopic (exact) mass is 293 g/mol. The van der Waals surface area contributed by atoms with E-state index in [2.05, 4.69) is 4.40 Å². The fourth-order valence-corrected chi connectivity index (χ4v) is 2.77. The molecule has 1 aromatic rings. The van der Waals surface area contributed by atoms with Gasteiger partial charge in [-0.1, -0.05) is 17.7 Å². The quantitative estimate of drug-likeness (QED) is 0.598. The molecule has 1 aliphatic heterocycles. The minimum atomic E-state index is -3.85. The highest BCUT2D eigenvalue weighted by Gasteiger charge is 2.20. The molecule has 20 heavy (non-hydrogen) atoms. The summed E-state index contributed by atoms with van der Waals surface area (Å²) in [6.07, 6.45) is 0. The molecule has 0 bridgehead atoms. The van der Waals surface area contributed by atoms with Gasteiger partial charge in [0.2, 0.25) is 5.84 Å². The zero-order valence-corrected chi connectivity index (χ0v) is 11.9. The number of amidine groups is 1. The first-order chi connectivity index (χ1) is 9.53. The van der Waals surface area contributed by atoms with E-state index in [-0.39, 0.29) is 10.7 Å². The summed E-state index contributed by atoms with van der Waals surface area (Å²) in [5.41, 5.74) is 0.960. The van der Waals surface area contributed by atoms with Crippen LogP contribution in [0.5, 0.6) is 0 Å². The molecule has 6 nitrogen and oxygen atoms in total. The van der Waals surface area contributed by atoms with Crippen LogP contribution in [-0.2, 0) is 14.8 Å². The smallest absolute Gasteiger partial charge is 0.284 e. The summed E-state index contributed by atoms with van der Waals surface area (Å²) in [5.74, 6) is -0.0890. The number of hydrogen-bond donors (Lipinski definition) is 0. The van der Waals surface area contributed by atoms with Gasteiger partial charge >= 0.3 is 0 Å². The van der Waals surface area contributed by atoms with Crippen molar-refractivity contribution in [2.24, 2.45) is 4.40 Å². The molecule has 1 saturated heterocycles. The van der Waals surface area contributed by atoms with Crippen LogP contribution in [0.15, 0.2) is 33.6 Å². The van der Waals surface area contributed by atoms with E-state index in [1.165, 1.54) is 12.1 Å². The van der Waals surface area contributed by atoms with Crippen molar-refractivity contribution in [3.8, 4) is 6.07 Å². The van der Waals surface area contributed by atoms with Crippen LogP contribution in [-0.4, -0.2) is 45.5 Å². The van der Waals surface area contributed by atoms with Crippen LogP contribution >= 0.6 is 0 Å². The maximum atomic E-state index is 12.2. The summed E-state index contributed by atoms with van der Waals surface area (Å²) in [7, 11) is -3.85. The lowest BCUT2D eigenvalue weighted by Gasteiger charge is -2.26. The fraction of sp³-hybridized carbons (Fsp3) is 0.385. The summed E-state index contributed by atoms with van der Waals surface area (Å²) in [5, 5.41) is 9.10. The summed E-state index contributed by atoms with van der Waals surface area (Å²) < 4.78 is 33.1. The van der Waals surface area contributed by atoms with Crippen LogP contribution in [0.25, 0.3) is 0 Å². The molecule has 1 aromatic carbocycles. The second-order valence-electron chi connectivity index (χ2n) is 4.41. The fourth-order valence-electron chi connectivity index (χ4n) is 1.80. The molecule has 0 N–H and O–H groups in total. The van der Waals surface area contributed by atoms with Crippen LogP contribution in [0, 0.1) is 18.3 Å². The predicted octanol–water partition coefficient (Wildman–Crippen LogP) is 0.938. The third-order valence-corrected chi connectivity index (χ3v) is 4.22. The zero-order valence-electron chi connectivity index (χ0n) is 11.1. The molecule has 0 atom stereocenters. The molecule has 1 heterocycles. The molecule has 0 aliphatic carbocycles. The molecule has 0 amide bonds. The van der Waals surface area contributed by atoms with Crippen molar-refractivity contribution in [1.29, 1.82) is 5.26 Å². The molecule has 0 spiro atoms. The van der Waals surface area contributed by atoms with Gasteiger partial charge in [0.05, 0.1) is 18.1 Å². The Hall–Kier alpha value is -1.91. The molecule has 0 radical (unpaired) electrons. The van der Waals surface area contributed by atoms with E-state index >= 15 is 0 Å². The van der Waals surface area contributed by atoms with Gasteiger partial charge in [-0.2, -0.15) is 13.7 Å². The van der Waals surface area contributed by atoms with Gasteiger partial charge in [0.1, 0.15) is 6.07 Å². The third-order valence-electron chi connectivity index (χ3n) is 2.94. The van der Waals surface area contributed by atoms with Crippen molar-refractivity contribution in [2.45, 2.75) is 11.8 Å². The number of nitrogens with zero attached hydrogens (tertiary/aromatic N) is 3. The van der Waals surface area contributed by atoms with Gasteiger partial charge in [-0.05, 0) is 19.1 Å². The Morgan fingerprint density at radius 2 is 1.90 bits per heavy atom. The Balaban J connectivity index is 2.30. The average Bonchev–Trinajstić information content (AvgIpc) is 2.46. The summed E-state index contributed by atoms with van der Waals surface area (Å²) >= 11 is 0. The molecule has 0 aromatic heterocycles. The number of hydrogen-bond acceptors (Lipinski definition) is 4. The van der Waals surface area contributed by atoms with E-state index < -0.39 is 10.0 Å². The molecule has 0 unspecified atom stereocenters. The lowest BCUT2D eigenvalue weighted by Crippen LogP contribution is -2.40. The SMILES string of the molecule is Cc1ccc(S(=O)(=O)N=C(C#N)N2CCOCC2)cc1. The zero-order chi connectivity index (χ0) is 14.6. The van der Waals surface area contributed by atoms with Crippen LogP contribution in [0.3, 0.4) is 0 Å². The van der Waals surface area contributed by atoms with Gasteiger partial charge in [0, 0.05) is 13.1 Å². The highest BCUT2D eigenvalue weighted by Crippen LogP contribution is 2.14. The largest absolute Gasteiger partial charge is 0.378 e. The van der Waals surface area contributed by atoms with Crippen LogP contribution < -0.4 is 0 Å². The number of morpholine rings is 1. The normalized spacial score (nSPS) is 16.8. The standard InChI is InChI=1S/C13H15N3O3S/c1-11-2-4-12(5-3-11)20(17,18)15-13(10-14)16-6-8-19-9-7-16/h2-5H,6-9H2,1H3. The average molecular weight is 293 g/mol. The molecule has 2 rings (SSSR count). The van der Waals surface area contributed by atoms with E-state index in [0.29, 0.717) is 26.3 Å². The molecular weight excluding hydrogens is 278 g/mol. The Labute approximate surface area is 118 Å². The Morgan fingerprint density at radius 3 is 2.45 bits per heavy atom. The van der Waals surface area contributed by atoms with E-state index in [0.717, 1.165) is 5.56 Å². The highest BCUT2D eigenvalue weighted by molar-refractivity contribution is 7.90. The summed E-state index contributed by atoms with van der Waals surface area (Å²) in [6.45, 7) is 3.73. The van der Waals surface area contributed by atoms with Gasteiger partial charge in [-0.3, -0.25) is 0 Å². The lowest BCUT2D eigenvalue weighted by atomic mass is 10.2. The van der Waals surface area contributed by atoms with E-state index in [4.69, 9.17) is 10.00 Å². The first kappa shape index (κ1) is 14.5. The summed E-state index contributed by atoms with van der Waals surface area (Å²) in [4.78, 5) is 1.71. The second-order valence-corrected chi connectivity index (χ2v) is 6.02. The number of nitriles is 1. The molecule has 7 heteroatoms. The number of aryl methyl sites for hydroxylation is 1. The van der Waals surface area contributed by atoms with Crippen molar-refractivity contribution < 1.29 is 13.2 Å². The maximum Gasteiger partial charge on any atom is 0.284 e. The lowest BCUT2D eigenvalue weighted by molar-refractivity contribution is 0.0687. The summed E-state index contributed by atoms with van der Waals surface area (Å²) in [6, 6.07) is 8.22. The first-order valence-electron chi connectivity index (χ1n) is 6.17. The minimum Gasteiger partial charge on any atom is -0.378 e. The van der Waals surface area contributed by atoms with E-state index in [1.807, 2.05) is 13.0 Å². The van der Waals surface area contributed by atoms with Crippen LogP contribution in [0.4, 0.5) is 0 Å². The van der Waals surface area contributed by atoms with Crippen molar-refractivity contribution in [3.05, 3.63) is 29.8 Å². The second kappa shape index (κ2) is 6.03. The van der Waals surface area contributed by atoms with Gasteiger partial charge in [0.25, 0.3) is 10.0 Å². The van der Waals surface area contributed by atoms with Crippen molar-refractivity contribution in [2.75, 3.05) is 26.3 Å². The maximum absolute atomic E-state index is 12.2. The first-order valence-corrected chi connectivity index (χ1v) is 7.61. The van der Waals surface area contributed by atoms with Gasteiger partial charge in [-0.25, -0.2) is 0 Å². The Morgan fingerprint density at radius 1 is 1.30 bits per heavy atom. The van der Waals surface area contributed by atoms with Crippen molar-refractivity contribution in [1.82, 2.24) is 4.90 Å². The molecule has 1 fully saturated rings. The molecular formula is C13H15N3O3S. The van der Waals surface area contributed by atoms with Gasteiger partial charge < -0.3 is 9.64 Å². The van der Waals surface area contributed by atoms with Crippen molar-refractivity contribution >= 4 is 15.9 Å². The Kier molecular flexibility index (Phi) is 4.37. The number of sulfonamides is 1. The molecule has 106 valence electrons. The van der Waals surface area contributed by atoms with Crippen LogP contribution in [0.2, 0.25) is 0 Å². The van der Waals surface area contributed by atoms with Crippen LogP contribution in [0.1, 0.15) is 5.56 Å². The number of rotatable bonds is 2. The van der Waals surface area contributed by atoms with Crippen molar-refractivity contribution in [3.63, 3.8) is 0 Å². The highest BCUT2D eigenvalue weighted by atomic mass is 32.2. The third kappa shape index (κ3) is 3.35. The van der Waals surface area contributed by atoms with E-state index in [9.17, 15) is 8.42 Å². The molecule has 1 aliphatic rings. The number of ether oxygens (including phenoxy) is 1. The van der Waals surface area contributed by atoms with Gasteiger partial charge in [-0.15, -0.1) is 4.40 Å². The topological polar surface area (TPSA) is 82.8 Å². The molecule has 0 saturated carbocycles. The number of benzene rings is 1. The van der Waals surface area contributed by atoms with Gasteiger partial charge in [0.15, 0.2) is 0 Å². The minimum absolute atomic E-state index is 0.0871. The van der Waals surface area contributed by atoms with E-state index in [1.54, 1.807) is 17.0 Å². The predicted molar refractivity (Wildman–Crippen MR) is 73.8 cm³/mol.